The van der Waals surface area contributed by atoms with E-state index in [9.17, 15) is 0 Å². The average Bonchev–Trinajstić information content (AvgIpc) is 3.13. The van der Waals surface area contributed by atoms with Gasteiger partial charge in [-0.3, -0.25) is 0 Å². The van der Waals surface area contributed by atoms with Crippen LogP contribution in [0.15, 0.2) is 97.1 Å². The third kappa shape index (κ3) is 10.6. The molecular weight excluding hydrogens is 618 g/mol. The summed E-state index contributed by atoms with van der Waals surface area (Å²) in [5.74, 6) is 0.643. The van der Waals surface area contributed by atoms with Crippen molar-refractivity contribution < 1.29 is 13.7 Å². The molecule has 0 radical (unpaired) electrons. The molecule has 0 amide bonds. The monoisotopic (exact) mass is 680 g/mol. The van der Waals surface area contributed by atoms with Gasteiger partial charge in [0.1, 0.15) is 0 Å². The zero-order valence-corrected chi connectivity index (χ0v) is 32.6. The Morgan fingerprint density at radius 1 is 0.449 bits per heavy atom. The fourth-order valence-corrected chi connectivity index (χ4v) is 11.1. The van der Waals surface area contributed by atoms with Gasteiger partial charge < -0.3 is 0 Å². The van der Waals surface area contributed by atoms with Gasteiger partial charge in [0.05, 0.1) is 0 Å². The predicted octanol–water partition coefficient (Wildman–Crippen LogP) is 12.0. The third-order valence-electron chi connectivity index (χ3n) is 11.3. The van der Waals surface area contributed by atoms with Gasteiger partial charge in [0, 0.05) is 0 Å². The van der Waals surface area contributed by atoms with Crippen LogP contribution in [-0.2, 0) is 13.7 Å². The third-order valence-corrected chi connectivity index (χ3v) is 18.5. The number of rotatable bonds is 20. The zero-order chi connectivity index (χ0) is 35.3. The van der Waals surface area contributed by atoms with Crippen molar-refractivity contribution in [2.75, 3.05) is 37.9 Å². The Kier molecular flexibility index (Phi) is 14.7. The second-order valence-electron chi connectivity index (χ2n) is 14.3. The zero-order valence-electron chi connectivity index (χ0n) is 31.7. The molecule has 264 valence electrons. The molecule has 4 aromatic rings. The predicted molar refractivity (Wildman–Crippen MR) is 215 cm³/mol. The minimum atomic E-state index is -2.44. The van der Waals surface area contributed by atoms with Crippen LogP contribution in [0.3, 0.4) is 0 Å². The fourth-order valence-electron chi connectivity index (χ4n) is 7.17. The van der Waals surface area contributed by atoms with Crippen LogP contribution in [-0.4, -0.2) is 45.2 Å². The molecule has 0 atom stereocenters. The van der Waals surface area contributed by atoms with Crippen molar-refractivity contribution in [1.82, 2.24) is 0 Å². The SMILES string of the molecule is CCP(CC)(CC)(CC)OB(OCCCC(c1ccc(C)cc1)c1ccc(C)cc1)OCCCC(c1ccc(C)cc1)c1ccc(C)cc1. The normalized spacial score (nSPS) is 12.7. The van der Waals surface area contributed by atoms with Crippen molar-refractivity contribution in [3.63, 3.8) is 0 Å². The molecule has 0 bridgehead atoms. The summed E-state index contributed by atoms with van der Waals surface area (Å²) in [6.07, 6.45) is 8.03. The van der Waals surface area contributed by atoms with Crippen LogP contribution < -0.4 is 0 Å². The van der Waals surface area contributed by atoms with E-state index in [0.717, 1.165) is 50.3 Å². The van der Waals surface area contributed by atoms with Gasteiger partial charge in [-0.25, -0.2) is 0 Å². The number of hydrogen-bond donors (Lipinski definition) is 0. The van der Waals surface area contributed by atoms with E-state index in [2.05, 4.69) is 152 Å². The fraction of sp³-hybridized carbons (Fsp3) is 0.455. The summed E-state index contributed by atoms with van der Waals surface area (Å²) in [6.45, 7) is 16.6. The van der Waals surface area contributed by atoms with Gasteiger partial charge in [-0.2, -0.15) is 0 Å². The van der Waals surface area contributed by atoms with Crippen molar-refractivity contribution in [1.29, 1.82) is 0 Å². The van der Waals surface area contributed by atoms with Crippen LogP contribution in [0.5, 0.6) is 0 Å². The summed E-state index contributed by atoms with van der Waals surface area (Å²) in [6, 6.07) is 36.0. The maximum absolute atomic E-state index is 7.11. The molecule has 5 heteroatoms. The molecular formula is C44H62BO3P. The van der Waals surface area contributed by atoms with Gasteiger partial charge in [0.15, 0.2) is 0 Å². The topological polar surface area (TPSA) is 27.7 Å². The molecule has 0 unspecified atom stereocenters. The van der Waals surface area contributed by atoms with Crippen LogP contribution >= 0.6 is 6.83 Å². The summed E-state index contributed by atoms with van der Waals surface area (Å²) in [5, 5.41) is 0. The van der Waals surface area contributed by atoms with E-state index in [1.807, 2.05) is 0 Å². The standard InChI is InChI=1S/C44H62BO3P/c1-9-49(10-2,11-3,12-4)48-45(46-33-13-15-43(39-25-17-35(5)18-26-39)40-27-19-36(6)20-28-40)47-34-14-16-44(41-29-21-37(7)22-30-41)42-31-23-38(8)24-32-42/h17-32,43-44H,9-16,33-34H2,1-8H3. The summed E-state index contributed by atoms with van der Waals surface area (Å²) in [7, 11) is -0.646. The maximum atomic E-state index is 7.11. The van der Waals surface area contributed by atoms with E-state index in [1.165, 1.54) is 44.5 Å². The molecule has 0 aliphatic heterocycles. The first-order valence-electron chi connectivity index (χ1n) is 18.8. The summed E-state index contributed by atoms with van der Waals surface area (Å²) < 4.78 is 20.3. The van der Waals surface area contributed by atoms with Crippen molar-refractivity contribution in [2.24, 2.45) is 0 Å². The van der Waals surface area contributed by atoms with E-state index >= 15 is 0 Å². The molecule has 0 aromatic heterocycles. The Hall–Kier alpha value is -2.75. The molecule has 0 N–H and O–H groups in total. The first-order chi connectivity index (χ1) is 23.6. The van der Waals surface area contributed by atoms with E-state index < -0.39 is 14.2 Å². The van der Waals surface area contributed by atoms with Gasteiger partial charge >= 0.3 is 300 Å². The van der Waals surface area contributed by atoms with Crippen LogP contribution in [0.2, 0.25) is 0 Å². The first kappa shape index (κ1) is 39.0. The van der Waals surface area contributed by atoms with Crippen LogP contribution in [0, 0.1) is 27.7 Å². The Morgan fingerprint density at radius 3 is 0.959 bits per heavy atom. The van der Waals surface area contributed by atoms with Gasteiger partial charge in [-0.15, -0.1) is 0 Å². The summed E-state index contributed by atoms with van der Waals surface area (Å²) in [5.41, 5.74) is 10.6. The van der Waals surface area contributed by atoms with Crippen LogP contribution in [0.25, 0.3) is 0 Å². The summed E-state index contributed by atoms with van der Waals surface area (Å²) >= 11 is 0. The average molecular weight is 681 g/mol. The second-order valence-corrected chi connectivity index (χ2v) is 20.7. The van der Waals surface area contributed by atoms with Gasteiger partial charge in [-0.1, -0.05) is 0 Å². The Labute approximate surface area is 299 Å². The molecule has 0 aliphatic rings. The molecule has 4 aromatic carbocycles. The Bertz CT molecular complexity index is 1310. The molecule has 0 aliphatic carbocycles. The molecule has 3 nitrogen and oxygen atoms in total. The molecule has 0 spiro atoms. The second kappa shape index (κ2) is 18.5. The van der Waals surface area contributed by atoms with Gasteiger partial charge in [0.2, 0.25) is 0 Å². The summed E-state index contributed by atoms with van der Waals surface area (Å²) in [4.78, 5) is 0. The Balaban J connectivity index is 1.45. The number of hydrogen-bond acceptors (Lipinski definition) is 3. The van der Waals surface area contributed by atoms with Crippen molar-refractivity contribution >= 4 is 14.2 Å². The molecule has 0 fully saturated rings. The van der Waals surface area contributed by atoms with Crippen LogP contribution in [0.1, 0.15) is 110 Å². The van der Waals surface area contributed by atoms with E-state index in [1.54, 1.807) is 0 Å². The Morgan fingerprint density at radius 2 is 0.714 bits per heavy atom. The van der Waals surface area contributed by atoms with Crippen LogP contribution in [0.4, 0.5) is 0 Å². The van der Waals surface area contributed by atoms with Crippen molar-refractivity contribution in [3.8, 4) is 0 Å². The van der Waals surface area contributed by atoms with Crippen molar-refractivity contribution in [2.45, 2.75) is 92.9 Å². The minimum absolute atomic E-state index is 0.322. The number of benzene rings is 4. The molecule has 49 heavy (non-hydrogen) atoms. The molecule has 0 saturated heterocycles. The van der Waals surface area contributed by atoms with E-state index in [-0.39, 0.29) is 0 Å². The van der Waals surface area contributed by atoms with Crippen molar-refractivity contribution in [3.05, 3.63) is 142 Å². The molecule has 0 heterocycles. The number of aryl methyl sites for hydroxylation is 4. The quantitative estimate of drug-likeness (QED) is 0.0528. The van der Waals surface area contributed by atoms with Gasteiger partial charge in [0.25, 0.3) is 0 Å². The van der Waals surface area contributed by atoms with E-state index in [4.69, 9.17) is 13.7 Å². The molecule has 4 rings (SSSR count). The molecule has 0 saturated carbocycles. The van der Waals surface area contributed by atoms with Gasteiger partial charge in [-0.05, 0) is 0 Å². The van der Waals surface area contributed by atoms with E-state index in [0.29, 0.717) is 25.0 Å². The first-order valence-corrected chi connectivity index (χ1v) is 21.7.